The average Bonchev–Trinajstić information content (AvgIpc) is 1.81. The van der Waals surface area contributed by atoms with Gasteiger partial charge in [-0.2, -0.15) is 0 Å². The zero-order valence-corrected chi connectivity index (χ0v) is 4.85. The summed E-state index contributed by atoms with van der Waals surface area (Å²) in [6, 6.07) is 0. The van der Waals surface area contributed by atoms with Crippen molar-refractivity contribution < 1.29 is 0 Å². The monoisotopic (exact) mass is 111 g/mol. The maximum atomic E-state index is 3.52. The van der Waals surface area contributed by atoms with E-state index >= 15 is 0 Å². The van der Waals surface area contributed by atoms with Crippen molar-refractivity contribution in [2.45, 2.75) is 0 Å². The third kappa shape index (κ3) is 5.40. The summed E-state index contributed by atoms with van der Waals surface area (Å²) in [6.07, 6.45) is 3.43. The van der Waals surface area contributed by atoms with Crippen LogP contribution in [-0.4, -0.2) is 6.54 Å². The molecule has 0 spiro atoms. The minimum absolute atomic E-state index is 0.754. The molecular formula is C6H11N2. The second kappa shape index (κ2) is 6.40. The van der Waals surface area contributed by atoms with E-state index in [0.717, 1.165) is 6.54 Å². The van der Waals surface area contributed by atoms with Gasteiger partial charge in [-0.25, -0.2) is 5.43 Å². The summed E-state index contributed by atoms with van der Waals surface area (Å²) in [5, 5.41) is 0. The lowest BCUT2D eigenvalue weighted by Crippen LogP contribution is -2.28. The molecule has 0 rings (SSSR count). The van der Waals surface area contributed by atoms with Crippen molar-refractivity contribution in [1.82, 2.24) is 10.9 Å². The molecule has 2 nitrogen and oxygen atoms in total. The Kier molecular flexibility index (Phi) is 5.92. The molecule has 0 saturated heterocycles. The summed E-state index contributed by atoms with van der Waals surface area (Å²) in [5.74, 6) is 0. The molecule has 0 fully saturated rings. The first-order valence-electron chi connectivity index (χ1n) is 2.45. The van der Waals surface area contributed by atoms with Gasteiger partial charge in [-0.3, -0.25) is 5.43 Å². The molecule has 0 amide bonds. The third-order valence-electron chi connectivity index (χ3n) is 0.550. The summed E-state index contributed by atoms with van der Waals surface area (Å²) in [6.45, 7) is 9.46. The first-order valence-corrected chi connectivity index (χ1v) is 2.45. The fourth-order valence-corrected chi connectivity index (χ4v) is 0.249. The van der Waals surface area contributed by atoms with Crippen LogP contribution >= 0.6 is 0 Å². The molecule has 2 N–H and O–H groups in total. The predicted octanol–water partition coefficient (Wildman–Crippen LogP) is 0.614. The van der Waals surface area contributed by atoms with Crippen molar-refractivity contribution in [3.63, 3.8) is 0 Å². The number of hydrogen-bond donors (Lipinski definition) is 2. The van der Waals surface area contributed by atoms with Gasteiger partial charge in [0.15, 0.2) is 0 Å². The maximum Gasteiger partial charge on any atom is 0.0592 e. The van der Waals surface area contributed by atoms with Crippen LogP contribution in [-0.2, 0) is 0 Å². The van der Waals surface area contributed by atoms with Crippen molar-refractivity contribution in [3.05, 3.63) is 31.9 Å². The van der Waals surface area contributed by atoms with E-state index in [1.807, 2.05) is 0 Å². The first-order chi connectivity index (χ1) is 3.91. The number of hydrogen-bond acceptors (Lipinski definition) is 2. The van der Waals surface area contributed by atoms with Gasteiger partial charge in [0.05, 0.1) is 6.54 Å². The molecule has 0 atom stereocenters. The van der Waals surface area contributed by atoms with Crippen LogP contribution in [0.2, 0.25) is 0 Å². The van der Waals surface area contributed by atoms with Gasteiger partial charge < -0.3 is 0 Å². The summed E-state index contributed by atoms with van der Waals surface area (Å²) < 4.78 is 0. The van der Waals surface area contributed by atoms with Crippen molar-refractivity contribution in [2.24, 2.45) is 0 Å². The van der Waals surface area contributed by atoms with Crippen LogP contribution in [0.1, 0.15) is 0 Å². The largest absolute Gasteiger partial charge is 0.253 e. The van der Waals surface area contributed by atoms with Crippen LogP contribution in [0.4, 0.5) is 0 Å². The van der Waals surface area contributed by atoms with Crippen molar-refractivity contribution in [1.29, 1.82) is 0 Å². The molecule has 0 aromatic heterocycles. The zero-order valence-electron chi connectivity index (χ0n) is 4.85. The highest BCUT2D eigenvalue weighted by atomic mass is 15.3. The Balaban J connectivity index is 2.71. The molecule has 0 unspecified atom stereocenters. The molecule has 2 heteroatoms. The van der Waals surface area contributed by atoms with E-state index in [-0.39, 0.29) is 0 Å². The molecule has 0 aliphatic heterocycles. The fraction of sp³-hybridized carbons (Fsp3) is 0.167. The topological polar surface area (TPSA) is 24.1 Å². The summed E-state index contributed by atoms with van der Waals surface area (Å²) in [4.78, 5) is 0. The first kappa shape index (κ1) is 7.40. The van der Waals surface area contributed by atoms with E-state index in [0.29, 0.717) is 0 Å². The third-order valence-corrected chi connectivity index (χ3v) is 0.550. The SMILES string of the molecule is C=C[CH]NNCC=C. The lowest BCUT2D eigenvalue weighted by Gasteiger charge is -1.97. The normalized spacial score (nSPS) is 8.50. The van der Waals surface area contributed by atoms with Gasteiger partial charge in [-0.15, -0.1) is 13.2 Å². The number of hydrazine groups is 1. The molecule has 45 valence electrons. The predicted molar refractivity (Wildman–Crippen MR) is 35.8 cm³/mol. The smallest absolute Gasteiger partial charge is 0.0592 e. The highest BCUT2D eigenvalue weighted by Crippen LogP contribution is 1.63. The van der Waals surface area contributed by atoms with Crippen LogP contribution in [0.5, 0.6) is 0 Å². The molecule has 0 aromatic rings. The summed E-state index contributed by atoms with van der Waals surface area (Å²) >= 11 is 0. The molecule has 0 aromatic carbocycles. The van der Waals surface area contributed by atoms with Gasteiger partial charge >= 0.3 is 0 Å². The Labute approximate surface area is 50.3 Å². The Morgan fingerprint density at radius 2 is 2.12 bits per heavy atom. The van der Waals surface area contributed by atoms with Crippen molar-refractivity contribution in [3.8, 4) is 0 Å². The minimum Gasteiger partial charge on any atom is -0.253 e. The molecule has 0 heterocycles. The lowest BCUT2D eigenvalue weighted by atomic mass is 10.6. The highest BCUT2D eigenvalue weighted by molar-refractivity contribution is 4.82. The van der Waals surface area contributed by atoms with Crippen LogP contribution in [0.3, 0.4) is 0 Å². The zero-order chi connectivity index (χ0) is 6.24. The number of rotatable bonds is 5. The second-order valence-electron chi connectivity index (χ2n) is 1.22. The Bertz CT molecular complexity index is 58.9. The van der Waals surface area contributed by atoms with Crippen molar-refractivity contribution >= 4 is 0 Å². The minimum atomic E-state index is 0.754. The fourth-order valence-electron chi connectivity index (χ4n) is 0.249. The average molecular weight is 111 g/mol. The number of nitrogens with one attached hydrogen (secondary N) is 2. The molecular weight excluding hydrogens is 100 g/mol. The van der Waals surface area contributed by atoms with Gasteiger partial charge in [0.1, 0.15) is 0 Å². The van der Waals surface area contributed by atoms with E-state index in [9.17, 15) is 0 Å². The Hall–Kier alpha value is -0.600. The van der Waals surface area contributed by atoms with Gasteiger partial charge in [-0.1, -0.05) is 12.2 Å². The summed E-state index contributed by atoms with van der Waals surface area (Å²) in [7, 11) is 0. The second-order valence-corrected chi connectivity index (χ2v) is 1.22. The van der Waals surface area contributed by atoms with Gasteiger partial charge in [0.25, 0.3) is 0 Å². The van der Waals surface area contributed by atoms with Gasteiger partial charge in [0.2, 0.25) is 0 Å². The van der Waals surface area contributed by atoms with E-state index in [1.54, 1.807) is 18.7 Å². The Morgan fingerprint density at radius 1 is 1.38 bits per heavy atom. The highest BCUT2D eigenvalue weighted by Gasteiger charge is 1.73. The van der Waals surface area contributed by atoms with E-state index in [1.165, 1.54) is 0 Å². The molecule has 8 heavy (non-hydrogen) atoms. The maximum absolute atomic E-state index is 3.52. The van der Waals surface area contributed by atoms with Crippen LogP contribution in [0.15, 0.2) is 25.3 Å². The van der Waals surface area contributed by atoms with Gasteiger partial charge in [0, 0.05) is 6.54 Å². The standard InChI is InChI=1S/C6H11N2/c1-3-5-7-8-6-4-2/h3-5,7-8H,1-2,6H2. The molecule has 0 saturated carbocycles. The van der Waals surface area contributed by atoms with Crippen molar-refractivity contribution in [2.75, 3.05) is 6.54 Å². The summed E-state index contributed by atoms with van der Waals surface area (Å²) in [5.41, 5.74) is 5.61. The molecule has 0 bridgehead atoms. The van der Waals surface area contributed by atoms with Crippen LogP contribution in [0.25, 0.3) is 0 Å². The van der Waals surface area contributed by atoms with E-state index < -0.39 is 0 Å². The van der Waals surface area contributed by atoms with Gasteiger partial charge in [-0.05, 0) is 0 Å². The molecule has 0 aliphatic rings. The van der Waals surface area contributed by atoms with Crippen LogP contribution in [0, 0.1) is 6.54 Å². The van der Waals surface area contributed by atoms with E-state index in [4.69, 9.17) is 0 Å². The lowest BCUT2D eigenvalue weighted by molar-refractivity contribution is 0.656. The molecule has 1 radical (unpaired) electrons. The quantitative estimate of drug-likeness (QED) is 0.308. The molecule has 0 aliphatic carbocycles. The Morgan fingerprint density at radius 3 is 2.62 bits per heavy atom. The van der Waals surface area contributed by atoms with Crippen LogP contribution < -0.4 is 10.9 Å². The van der Waals surface area contributed by atoms with E-state index in [2.05, 4.69) is 24.0 Å².